The van der Waals surface area contributed by atoms with Gasteiger partial charge in [0.1, 0.15) is 51.6 Å². The first kappa shape index (κ1) is 93.1. The van der Waals surface area contributed by atoms with Gasteiger partial charge in [0.2, 0.25) is 0 Å². The average molecular weight is 1840 g/mol. The molecule has 7 aromatic heterocycles. The summed E-state index contributed by atoms with van der Waals surface area (Å²) in [5.74, 6) is 14.4. The van der Waals surface area contributed by atoms with Gasteiger partial charge >= 0.3 is 0 Å². The van der Waals surface area contributed by atoms with Crippen molar-refractivity contribution in [2.24, 2.45) is 0 Å². The quantitative estimate of drug-likeness (QED) is 0.0592. The first-order valence-electron chi connectivity index (χ1n) is 44.2. The Kier molecular flexibility index (Phi) is 32.3. The van der Waals surface area contributed by atoms with Crippen LogP contribution in [0.1, 0.15) is 85.7 Å². The van der Waals surface area contributed by atoms with Gasteiger partial charge in [0.25, 0.3) is 0 Å². The topological polar surface area (TPSA) is 221 Å². The first-order chi connectivity index (χ1) is 66.6. The Bertz CT molecular complexity index is 7970. The smallest absolute Gasteiger partial charge is 0.131 e. The highest BCUT2D eigenvalue weighted by atomic mass is 79.9. The second-order valence-corrected chi connectivity index (χ2v) is 32.3. The zero-order chi connectivity index (χ0) is 94.0. The highest BCUT2D eigenvalue weighted by Crippen LogP contribution is 2.29. The molecule has 0 saturated carbocycles. The van der Waals surface area contributed by atoms with Gasteiger partial charge in [-0.25, -0.2) is 24.9 Å². The van der Waals surface area contributed by atoms with Crippen LogP contribution in [0.15, 0.2) is 423 Å². The number of halogens is 1. The van der Waals surface area contributed by atoms with E-state index in [2.05, 4.69) is 135 Å². The number of aromatic hydroxyl groups is 6. The fourth-order valence-electron chi connectivity index (χ4n) is 14.5. The number of fused-ring (bicyclic) bond motifs is 7. The number of benzene rings is 14. The van der Waals surface area contributed by atoms with Gasteiger partial charge < -0.3 is 35.4 Å². The average Bonchev–Trinajstić information content (AvgIpc) is 1.09. The number of phenolic OH excluding ortho intramolecular Hbond substituents is 6. The third-order valence-electron chi connectivity index (χ3n) is 21.6. The molecule has 0 aliphatic carbocycles. The highest BCUT2D eigenvalue weighted by molar-refractivity contribution is 9.10. The van der Waals surface area contributed by atoms with Crippen molar-refractivity contribution in [2.75, 3.05) is 7.11 Å². The molecular formula is C121H94BrN7O7. The van der Waals surface area contributed by atoms with Crippen LogP contribution < -0.4 is 4.74 Å². The van der Waals surface area contributed by atoms with Crippen LogP contribution in [0.3, 0.4) is 0 Å². The molecule has 0 atom stereocenters. The number of aromatic nitrogens is 7. The largest absolute Gasteiger partial charge is 0.508 e. The van der Waals surface area contributed by atoms with E-state index in [-0.39, 0.29) is 23.0 Å². The van der Waals surface area contributed by atoms with E-state index in [1.54, 1.807) is 79.9 Å². The van der Waals surface area contributed by atoms with Crippen LogP contribution in [-0.4, -0.2) is 72.6 Å². The Balaban J connectivity index is 0.000000121. The molecule has 0 spiro atoms. The molecule has 662 valence electrons. The Hall–Kier alpha value is -17.6. The molecule has 21 rings (SSSR count). The van der Waals surface area contributed by atoms with E-state index in [1.807, 2.05) is 322 Å². The maximum absolute atomic E-state index is 9.81. The number of pyridine rings is 7. The second kappa shape index (κ2) is 47.3. The zero-order valence-corrected chi connectivity index (χ0v) is 76.2. The molecule has 14 nitrogen and oxygen atoms in total. The Labute approximate surface area is 798 Å². The number of methoxy groups -OCH3 is 1. The maximum atomic E-state index is 9.81. The standard InChI is InChI=1S/C18H14BrNO.C18H15NO.C17H15NO.C17H11NO.C17H15NO.C17H13NO.C17H11NO/c1-21-18-11-8-15(19)12-14(18)7-10-16-9-6-13-4-2-3-5-17(13)20-16;1-13(12-15-7-3-5-9-18(15)20)16-11-10-14-6-2-4-8-17(14)19-16;2*19-17-8-4-2-6-14(17)10-12-15-11-9-13-5-1-3-7-16(13)18-15;3*19-16-6-3-4-13(12-16)8-10-15-11-9-14-5-1-2-7-17(14)18-15/h2-12H,1H3;2-12,20H,1H3;1-9,11,19H,10,12H2;1-9,11,19H;1-7,9,11-12,19H,8,10H2;1-12,19H;1-7,9,11-12,19H/b10-7+;13-12+;;;;10-8+;. The van der Waals surface area contributed by atoms with Crippen molar-refractivity contribution in [1.82, 2.24) is 34.9 Å². The highest BCUT2D eigenvalue weighted by Gasteiger charge is 2.09. The molecule has 7 heterocycles. The van der Waals surface area contributed by atoms with Crippen LogP contribution in [0.25, 0.3) is 112 Å². The summed E-state index contributed by atoms with van der Waals surface area (Å²) in [5.41, 5.74) is 20.5. The fourth-order valence-corrected chi connectivity index (χ4v) is 14.9. The van der Waals surface area contributed by atoms with Crippen LogP contribution in [0, 0.1) is 23.7 Å². The summed E-state index contributed by atoms with van der Waals surface area (Å²) in [6.07, 6.45) is 13.3. The lowest BCUT2D eigenvalue weighted by molar-refractivity contribution is 0.414. The molecule has 21 aromatic rings. The minimum absolute atomic E-state index is 0.191. The number of aryl methyl sites for hydroxylation is 4. The van der Waals surface area contributed by atoms with Crippen molar-refractivity contribution in [3.05, 3.63) is 502 Å². The van der Waals surface area contributed by atoms with E-state index >= 15 is 0 Å². The summed E-state index contributed by atoms with van der Waals surface area (Å²) in [6.45, 7) is 2.00. The molecule has 14 aromatic carbocycles. The van der Waals surface area contributed by atoms with Gasteiger partial charge in [-0.05, 0) is 261 Å². The molecular weight excluding hydrogens is 1740 g/mol. The van der Waals surface area contributed by atoms with E-state index in [9.17, 15) is 30.6 Å². The number of nitrogens with zero attached hydrogens (tertiary/aromatic N) is 7. The number of phenols is 6. The Morgan fingerprint density at radius 2 is 0.728 bits per heavy atom. The summed E-state index contributed by atoms with van der Waals surface area (Å²) < 4.78 is 6.39. The molecule has 0 saturated heterocycles. The van der Waals surface area contributed by atoms with Crippen molar-refractivity contribution in [2.45, 2.75) is 32.6 Å². The monoisotopic (exact) mass is 1840 g/mol. The number of hydrogen-bond donors (Lipinski definition) is 6. The number of para-hydroxylation sites is 10. The summed E-state index contributed by atoms with van der Waals surface area (Å²) in [4.78, 5) is 32.1. The SMILES string of the molecule is C/C(=C\c1ccccc1O)c1ccc2ccccc2n1.COc1ccc(Br)cc1/C=C/c1ccc2ccccc2n1.Oc1cccc(/C=C/c2ccc3ccccc3n2)c1.Oc1cccc(C#Cc2ccc3ccccc3n2)c1.Oc1cccc(CCc2ccc3ccccc3n2)c1.Oc1ccccc1C#Cc1ccc2ccccc2n1.Oc1ccccc1CCc1ccc2ccccc2n1. The summed E-state index contributed by atoms with van der Waals surface area (Å²) in [7, 11) is 1.68. The molecule has 0 aliphatic heterocycles. The lowest BCUT2D eigenvalue weighted by Gasteiger charge is -2.05. The second-order valence-electron chi connectivity index (χ2n) is 31.4. The van der Waals surface area contributed by atoms with Gasteiger partial charge in [0.15, 0.2) is 0 Å². The van der Waals surface area contributed by atoms with Gasteiger partial charge in [-0.2, -0.15) is 0 Å². The fraction of sp³-hybridized carbons (Fsp3) is 0.0496. The maximum Gasteiger partial charge on any atom is 0.131 e. The third kappa shape index (κ3) is 27.3. The van der Waals surface area contributed by atoms with E-state index in [0.29, 0.717) is 22.8 Å². The lowest BCUT2D eigenvalue weighted by Crippen LogP contribution is -1.95. The van der Waals surface area contributed by atoms with E-state index < -0.39 is 0 Å². The summed E-state index contributed by atoms with van der Waals surface area (Å²) in [5, 5.41) is 65.3. The number of ether oxygens (including phenoxy) is 1. The van der Waals surface area contributed by atoms with Crippen molar-refractivity contribution in [3.63, 3.8) is 0 Å². The van der Waals surface area contributed by atoms with Crippen LogP contribution in [0.4, 0.5) is 0 Å². The molecule has 0 fully saturated rings. The van der Waals surface area contributed by atoms with Crippen molar-refractivity contribution >= 4 is 128 Å². The van der Waals surface area contributed by atoms with Crippen LogP contribution in [0.5, 0.6) is 40.2 Å². The molecule has 6 N–H and O–H groups in total. The Morgan fingerprint density at radius 3 is 1.25 bits per heavy atom. The van der Waals surface area contributed by atoms with Crippen molar-refractivity contribution in [1.29, 1.82) is 0 Å². The Morgan fingerprint density at radius 1 is 0.301 bits per heavy atom. The molecule has 0 radical (unpaired) electrons. The number of allylic oxidation sites excluding steroid dienone is 1. The minimum atomic E-state index is 0.191. The van der Waals surface area contributed by atoms with Crippen molar-refractivity contribution in [3.8, 4) is 63.9 Å². The number of rotatable bonds is 13. The lowest BCUT2D eigenvalue weighted by atomic mass is 10.1. The van der Waals surface area contributed by atoms with Crippen LogP contribution >= 0.6 is 15.9 Å². The van der Waals surface area contributed by atoms with Crippen molar-refractivity contribution < 1.29 is 35.4 Å². The summed E-state index contributed by atoms with van der Waals surface area (Å²) in [6, 6.07) is 134. The van der Waals surface area contributed by atoms with Crippen LogP contribution in [0.2, 0.25) is 0 Å². The van der Waals surface area contributed by atoms with E-state index in [0.717, 1.165) is 180 Å². The first-order valence-corrected chi connectivity index (χ1v) is 45.0. The third-order valence-corrected chi connectivity index (χ3v) is 22.1. The van der Waals surface area contributed by atoms with E-state index in [4.69, 9.17) is 4.74 Å². The van der Waals surface area contributed by atoms with Gasteiger partial charge in [0, 0.05) is 70.3 Å². The number of hydrogen-bond acceptors (Lipinski definition) is 14. The molecule has 0 unspecified atom stereocenters. The summed E-state index contributed by atoms with van der Waals surface area (Å²) >= 11 is 3.48. The van der Waals surface area contributed by atoms with Gasteiger partial charge in [0.05, 0.1) is 68.4 Å². The molecule has 0 amide bonds. The van der Waals surface area contributed by atoms with Gasteiger partial charge in [-0.1, -0.05) is 283 Å². The van der Waals surface area contributed by atoms with Gasteiger partial charge in [-0.3, -0.25) is 9.97 Å². The zero-order valence-electron chi connectivity index (χ0n) is 74.7. The van der Waals surface area contributed by atoms with E-state index in [1.165, 1.54) is 5.39 Å². The normalized spacial score (nSPS) is 10.8. The van der Waals surface area contributed by atoms with Gasteiger partial charge in [-0.15, -0.1) is 0 Å². The van der Waals surface area contributed by atoms with Crippen LogP contribution in [-0.2, 0) is 25.7 Å². The molecule has 136 heavy (non-hydrogen) atoms. The molecule has 0 aliphatic rings. The predicted octanol–water partition coefficient (Wildman–Crippen LogP) is 27.9. The predicted molar refractivity (Wildman–Crippen MR) is 560 cm³/mol. The molecule has 0 bridgehead atoms. The minimum Gasteiger partial charge on any atom is -0.508 e. The molecule has 15 heteroatoms.